The number of piperidine rings is 1. The lowest BCUT2D eigenvalue weighted by Crippen LogP contribution is -2.31. The number of anilines is 1. The van der Waals surface area contributed by atoms with Gasteiger partial charge in [-0.1, -0.05) is 12.1 Å². The minimum Gasteiger partial charge on any atom is -0.459 e. The van der Waals surface area contributed by atoms with Crippen molar-refractivity contribution in [2.24, 2.45) is 4.99 Å². The highest BCUT2D eigenvalue weighted by Gasteiger charge is 2.15. The second kappa shape index (κ2) is 7.25. The van der Waals surface area contributed by atoms with Gasteiger partial charge in [0, 0.05) is 25.7 Å². The molecule has 2 aromatic rings. The molecule has 1 aliphatic heterocycles. The summed E-state index contributed by atoms with van der Waals surface area (Å²) in [5, 5.41) is 0. The van der Waals surface area contributed by atoms with Crippen molar-refractivity contribution < 1.29 is 9.13 Å². The second-order valence-electron chi connectivity index (χ2n) is 5.76. The number of benzene rings is 1. The molecule has 6 nitrogen and oxygen atoms in total. The van der Waals surface area contributed by atoms with Gasteiger partial charge < -0.3 is 15.4 Å². The number of hydrogen-bond donors (Lipinski definition) is 1. The maximum Gasteiger partial charge on any atom is 0.318 e. The normalized spacial score (nSPS) is 16.4. The highest BCUT2D eigenvalue weighted by molar-refractivity contribution is 5.84. The van der Waals surface area contributed by atoms with Gasteiger partial charge in [-0.05, 0) is 30.5 Å². The Morgan fingerprint density at radius 2 is 2.25 bits per heavy atom. The van der Waals surface area contributed by atoms with Crippen LogP contribution in [0.2, 0.25) is 0 Å². The van der Waals surface area contributed by atoms with Crippen LogP contribution < -0.4 is 10.5 Å². The van der Waals surface area contributed by atoms with E-state index in [1.165, 1.54) is 0 Å². The van der Waals surface area contributed by atoms with Crippen molar-refractivity contribution in [1.29, 1.82) is 0 Å². The van der Waals surface area contributed by atoms with Gasteiger partial charge in [-0.15, -0.1) is 0 Å². The zero-order valence-corrected chi connectivity index (χ0v) is 13.6. The Kier molecular flexibility index (Phi) is 4.88. The molecule has 126 valence electrons. The summed E-state index contributed by atoms with van der Waals surface area (Å²) in [5.41, 5.74) is 7.28. The van der Waals surface area contributed by atoms with Gasteiger partial charge in [0.25, 0.3) is 0 Å². The van der Waals surface area contributed by atoms with Crippen molar-refractivity contribution in [3.63, 3.8) is 0 Å². The first-order valence-corrected chi connectivity index (χ1v) is 7.90. The SMILES string of the molecule is CN1CCCC/C1=N\c1nc(OCc2cccc(N)c2)ncc1F. The molecular weight excluding hydrogens is 309 g/mol. The average Bonchev–Trinajstić information content (AvgIpc) is 2.57. The van der Waals surface area contributed by atoms with Gasteiger partial charge in [-0.3, -0.25) is 0 Å². The first-order valence-electron chi connectivity index (χ1n) is 7.90. The van der Waals surface area contributed by atoms with E-state index < -0.39 is 5.82 Å². The summed E-state index contributed by atoms with van der Waals surface area (Å²) in [6.07, 6.45) is 4.08. The van der Waals surface area contributed by atoms with Gasteiger partial charge in [0.15, 0.2) is 11.6 Å². The van der Waals surface area contributed by atoms with Crippen molar-refractivity contribution in [2.45, 2.75) is 25.9 Å². The van der Waals surface area contributed by atoms with Gasteiger partial charge in [0.1, 0.15) is 12.4 Å². The molecule has 0 amide bonds. The fraction of sp³-hybridized carbons (Fsp3) is 0.353. The number of nitrogens with two attached hydrogens (primary N) is 1. The summed E-state index contributed by atoms with van der Waals surface area (Å²) < 4.78 is 19.5. The number of nitrogens with zero attached hydrogens (tertiary/aromatic N) is 4. The van der Waals surface area contributed by atoms with Gasteiger partial charge in [0.05, 0.1) is 6.20 Å². The lowest BCUT2D eigenvalue weighted by Gasteiger charge is -2.25. The number of amidine groups is 1. The van der Waals surface area contributed by atoms with Crippen LogP contribution in [0.25, 0.3) is 0 Å². The number of ether oxygens (including phenoxy) is 1. The Labute approximate surface area is 140 Å². The van der Waals surface area contributed by atoms with E-state index in [0.717, 1.165) is 43.4 Å². The number of aliphatic imine (C=N–C) groups is 1. The third-order valence-corrected chi connectivity index (χ3v) is 3.84. The highest BCUT2D eigenvalue weighted by atomic mass is 19.1. The van der Waals surface area contributed by atoms with E-state index in [4.69, 9.17) is 10.5 Å². The average molecular weight is 329 g/mol. The monoisotopic (exact) mass is 329 g/mol. The molecular formula is C17H20FN5O. The Bertz CT molecular complexity index is 750. The highest BCUT2D eigenvalue weighted by Crippen LogP contribution is 2.20. The summed E-state index contributed by atoms with van der Waals surface area (Å²) >= 11 is 0. The Morgan fingerprint density at radius 3 is 3.04 bits per heavy atom. The molecule has 0 spiro atoms. The van der Waals surface area contributed by atoms with Crippen LogP contribution in [0.1, 0.15) is 24.8 Å². The fourth-order valence-electron chi connectivity index (χ4n) is 2.54. The molecule has 7 heteroatoms. The standard InChI is InChI=1S/C17H20FN5O/c1-23-8-3-2-7-15(23)21-16-14(18)10-20-17(22-16)24-11-12-5-4-6-13(19)9-12/h4-6,9-10H,2-3,7-8,11,19H2,1H3/b21-15+. The van der Waals surface area contributed by atoms with Crippen molar-refractivity contribution in [2.75, 3.05) is 19.3 Å². The molecule has 2 N–H and O–H groups in total. The summed E-state index contributed by atoms with van der Waals surface area (Å²) in [7, 11) is 1.95. The summed E-state index contributed by atoms with van der Waals surface area (Å²) in [4.78, 5) is 14.3. The maximum absolute atomic E-state index is 13.9. The molecule has 0 bridgehead atoms. The predicted octanol–water partition coefficient (Wildman–Crippen LogP) is 2.92. The molecule has 24 heavy (non-hydrogen) atoms. The van der Waals surface area contributed by atoms with Gasteiger partial charge in [0.2, 0.25) is 0 Å². The van der Waals surface area contributed by atoms with E-state index in [9.17, 15) is 4.39 Å². The van der Waals surface area contributed by atoms with Gasteiger partial charge >= 0.3 is 6.01 Å². The molecule has 0 saturated carbocycles. The zero-order valence-electron chi connectivity index (χ0n) is 13.6. The Morgan fingerprint density at radius 1 is 1.38 bits per heavy atom. The van der Waals surface area contributed by atoms with E-state index in [1.54, 1.807) is 6.07 Å². The molecule has 0 aliphatic carbocycles. The van der Waals surface area contributed by atoms with Crippen LogP contribution in [0.15, 0.2) is 35.5 Å². The van der Waals surface area contributed by atoms with Crippen LogP contribution in [-0.4, -0.2) is 34.3 Å². The molecule has 0 unspecified atom stereocenters. The van der Waals surface area contributed by atoms with Crippen LogP contribution in [0, 0.1) is 5.82 Å². The van der Waals surface area contributed by atoms with Crippen LogP contribution >= 0.6 is 0 Å². The first kappa shape index (κ1) is 16.2. The topological polar surface area (TPSA) is 76.6 Å². The van der Waals surface area contributed by atoms with Crippen molar-refractivity contribution in [3.05, 3.63) is 41.8 Å². The molecule has 0 atom stereocenters. The van der Waals surface area contributed by atoms with E-state index in [0.29, 0.717) is 5.69 Å². The van der Waals surface area contributed by atoms with Crippen molar-refractivity contribution in [1.82, 2.24) is 14.9 Å². The summed E-state index contributed by atoms with van der Waals surface area (Å²) in [5.74, 6) is 0.287. The molecule has 2 heterocycles. The van der Waals surface area contributed by atoms with Crippen LogP contribution in [0.5, 0.6) is 6.01 Å². The number of hydrogen-bond acceptors (Lipinski definition) is 5. The van der Waals surface area contributed by atoms with Gasteiger partial charge in [-0.2, -0.15) is 4.98 Å². The fourth-order valence-corrected chi connectivity index (χ4v) is 2.54. The van der Waals surface area contributed by atoms with Gasteiger partial charge in [-0.25, -0.2) is 14.4 Å². The van der Waals surface area contributed by atoms with E-state index in [2.05, 4.69) is 15.0 Å². The smallest absolute Gasteiger partial charge is 0.318 e. The van der Waals surface area contributed by atoms with Crippen LogP contribution in [0.3, 0.4) is 0 Å². The van der Waals surface area contributed by atoms with E-state index >= 15 is 0 Å². The number of likely N-dealkylation sites (tertiary alicyclic amines) is 1. The third-order valence-electron chi connectivity index (χ3n) is 3.84. The molecule has 3 rings (SSSR count). The molecule has 0 radical (unpaired) electrons. The molecule has 1 aliphatic rings. The second-order valence-corrected chi connectivity index (χ2v) is 5.76. The van der Waals surface area contributed by atoms with Crippen LogP contribution in [0.4, 0.5) is 15.9 Å². The minimum atomic E-state index is -0.558. The largest absolute Gasteiger partial charge is 0.459 e. The molecule has 1 fully saturated rings. The predicted molar refractivity (Wildman–Crippen MR) is 90.8 cm³/mol. The van der Waals surface area contributed by atoms with E-state index in [-0.39, 0.29) is 18.4 Å². The summed E-state index contributed by atoms with van der Waals surface area (Å²) in [6.45, 7) is 1.18. The Hall–Kier alpha value is -2.70. The van der Waals surface area contributed by atoms with Crippen molar-refractivity contribution >= 4 is 17.3 Å². The quantitative estimate of drug-likeness (QED) is 0.873. The van der Waals surface area contributed by atoms with Crippen LogP contribution in [-0.2, 0) is 6.61 Å². The number of rotatable bonds is 4. The molecule has 1 aromatic carbocycles. The maximum atomic E-state index is 13.9. The zero-order chi connectivity index (χ0) is 16.9. The third kappa shape index (κ3) is 3.98. The number of nitrogen functional groups attached to an aromatic ring is 1. The number of halogens is 1. The molecule has 1 aromatic heterocycles. The summed E-state index contributed by atoms with van der Waals surface area (Å²) in [6, 6.07) is 7.43. The van der Waals surface area contributed by atoms with E-state index in [1.807, 2.05) is 30.1 Å². The number of aromatic nitrogens is 2. The Balaban J connectivity index is 1.75. The lowest BCUT2D eigenvalue weighted by atomic mass is 10.1. The first-order chi connectivity index (χ1) is 11.6. The molecule has 1 saturated heterocycles. The minimum absolute atomic E-state index is 0.0105. The van der Waals surface area contributed by atoms with Crippen molar-refractivity contribution in [3.8, 4) is 6.01 Å². The lowest BCUT2D eigenvalue weighted by molar-refractivity contribution is 0.279.